The molecule has 12 heavy (non-hydrogen) atoms. The zero-order valence-corrected chi connectivity index (χ0v) is 8.84. The van der Waals surface area contributed by atoms with Crippen molar-refractivity contribution in [3.63, 3.8) is 0 Å². The van der Waals surface area contributed by atoms with Crippen LogP contribution in [0.1, 0.15) is 12.6 Å². The lowest BCUT2D eigenvalue weighted by Gasteiger charge is -2.03. The molecule has 0 radical (unpaired) electrons. The van der Waals surface area contributed by atoms with Crippen LogP contribution in [0.4, 0.5) is 0 Å². The summed E-state index contributed by atoms with van der Waals surface area (Å²) in [5, 5.41) is 0. The summed E-state index contributed by atoms with van der Waals surface area (Å²) in [6.45, 7) is 2.10. The van der Waals surface area contributed by atoms with Crippen LogP contribution >= 0.6 is 15.9 Å². The Labute approximate surface area is 81.1 Å². The van der Waals surface area contributed by atoms with Crippen LogP contribution in [0.25, 0.3) is 0 Å². The van der Waals surface area contributed by atoms with Crippen LogP contribution in [0, 0.1) is 0 Å². The van der Waals surface area contributed by atoms with Crippen LogP contribution in [-0.2, 0) is 6.42 Å². The van der Waals surface area contributed by atoms with Crippen molar-refractivity contribution in [3.05, 3.63) is 24.0 Å². The number of rotatable bonds is 3. The van der Waals surface area contributed by atoms with Crippen molar-refractivity contribution < 1.29 is 4.74 Å². The average Bonchev–Trinajstić information content (AvgIpc) is 2.05. The molecule has 0 N–H and O–H groups in total. The zero-order chi connectivity index (χ0) is 8.97. The molecule has 1 atom stereocenters. The van der Waals surface area contributed by atoms with E-state index in [0.717, 1.165) is 17.9 Å². The lowest BCUT2D eigenvalue weighted by atomic mass is 10.2. The van der Waals surface area contributed by atoms with E-state index >= 15 is 0 Å². The molecule has 0 aromatic carbocycles. The lowest BCUT2D eigenvalue weighted by Crippen LogP contribution is -1.98. The van der Waals surface area contributed by atoms with Gasteiger partial charge in [0, 0.05) is 16.9 Å². The third-order valence-corrected chi connectivity index (χ3v) is 1.85. The van der Waals surface area contributed by atoms with Crippen molar-refractivity contribution in [3.8, 4) is 5.75 Å². The first-order valence-electron chi connectivity index (χ1n) is 3.85. The quantitative estimate of drug-likeness (QED) is 0.744. The molecule has 0 aliphatic heterocycles. The Bertz CT molecular complexity index is 233. The van der Waals surface area contributed by atoms with Gasteiger partial charge in [0.25, 0.3) is 0 Å². The van der Waals surface area contributed by atoms with E-state index in [1.807, 2.05) is 12.1 Å². The van der Waals surface area contributed by atoms with Gasteiger partial charge in [-0.15, -0.1) is 0 Å². The number of halogens is 1. The Morgan fingerprint density at radius 2 is 2.33 bits per heavy atom. The number of nitrogens with zero attached hydrogens (tertiary/aromatic N) is 1. The van der Waals surface area contributed by atoms with Gasteiger partial charge in [0.15, 0.2) is 0 Å². The maximum atomic E-state index is 5.00. The lowest BCUT2D eigenvalue weighted by molar-refractivity contribution is 0.412. The van der Waals surface area contributed by atoms with E-state index < -0.39 is 0 Å². The van der Waals surface area contributed by atoms with E-state index in [9.17, 15) is 0 Å². The smallest absolute Gasteiger partial charge is 0.137 e. The maximum Gasteiger partial charge on any atom is 0.137 e. The van der Waals surface area contributed by atoms with Crippen molar-refractivity contribution in [1.29, 1.82) is 0 Å². The third-order valence-electron chi connectivity index (χ3n) is 1.52. The summed E-state index contributed by atoms with van der Waals surface area (Å²) in [5.41, 5.74) is 1.08. The molecule has 1 rings (SSSR count). The summed E-state index contributed by atoms with van der Waals surface area (Å²) in [7, 11) is 1.64. The molecule has 1 unspecified atom stereocenters. The second-order valence-corrected chi connectivity index (χ2v) is 4.24. The van der Waals surface area contributed by atoms with E-state index in [2.05, 4.69) is 27.8 Å². The molecular formula is C9H12BrNO. The Morgan fingerprint density at radius 3 is 2.75 bits per heavy atom. The van der Waals surface area contributed by atoms with Gasteiger partial charge in [0.05, 0.1) is 13.3 Å². The van der Waals surface area contributed by atoms with Gasteiger partial charge in [-0.1, -0.05) is 22.9 Å². The molecule has 0 spiro atoms. The van der Waals surface area contributed by atoms with Crippen LogP contribution in [0.5, 0.6) is 5.75 Å². The predicted octanol–water partition coefficient (Wildman–Crippen LogP) is 2.42. The first-order chi connectivity index (χ1) is 5.72. The highest BCUT2D eigenvalue weighted by Crippen LogP contribution is 2.11. The van der Waals surface area contributed by atoms with E-state index in [0.29, 0.717) is 4.83 Å². The van der Waals surface area contributed by atoms with Crippen molar-refractivity contribution in [2.45, 2.75) is 18.2 Å². The molecule has 0 amide bonds. The van der Waals surface area contributed by atoms with Crippen molar-refractivity contribution in [2.75, 3.05) is 7.11 Å². The maximum absolute atomic E-state index is 5.00. The molecule has 0 aliphatic rings. The minimum atomic E-state index is 0.471. The van der Waals surface area contributed by atoms with Gasteiger partial charge < -0.3 is 4.74 Å². The Hall–Kier alpha value is -0.570. The Kier molecular flexibility index (Phi) is 3.53. The molecular weight excluding hydrogens is 218 g/mol. The van der Waals surface area contributed by atoms with Gasteiger partial charge in [-0.2, -0.15) is 0 Å². The Morgan fingerprint density at radius 1 is 1.58 bits per heavy atom. The molecule has 1 aromatic rings. The second kappa shape index (κ2) is 4.45. The fraction of sp³-hybridized carbons (Fsp3) is 0.444. The number of alkyl halides is 1. The fourth-order valence-electron chi connectivity index (χ4n) is 0.941. The summed E-state index contributed by atoms with van der Waals surface area (Å²) in [4.78, 5) is 4.71. The van der Waals surface area contributed by atoms with Gasteiger partial charge in [-0.25, -0.2) is 0 Å². The van der Waals surface area contributed by atoms with Gasteiger partial charge >= 0.3 is 0 Å². The summed E-state index contributed by atoms with van der Waals surface area (Å²) in [5.74, 6) is 0.806. The van der Waals surface area contributed by atoms with E-state index in [4.69, 9.17) is 4.74 Å². The number of methoxy groups -OCH3 is 1. The molecule has 0 saturated heterocycles. The number of hydrogen-bond acceptors (Lipinski definition) is 2. The van der Waals surface area contributed by atoms with Crippen LogP contribution in [0.2, 0.25) is 0 Å². The number of hydrogen-bond donors (Lipinski definition) is 0. The highest BCUT2D eigenvalue weighted by molar-refractivity contribution is 9.09. The molecule has 1 aromatic heterocycles. The van der Waals surface area contributed by atoms with Crippen LogP contribution in [-0.4, -0.2) is 16.9 Å². The van der Waals surface area contributed by atoms with Crippen LogP contribution < -0.4 is 4.74 Å². The van der Waals surface area contributed by atoms with Crippen molar-refractivity contribution in [2.24, 2.45) is 0 Å². The number of pyridine rings is 1. The van der Waals surface area contributed by atoms with E-state index in [1.165, 1.54) is 0 Å². The minimum Gasteiger partial charge on any atom is -0.495 e. The summed E-state index contributed by atoms with van der Waals surface area (Å²) in [6.07, 6.45) is 2.69. The SMILES string of the molecule is COc1ccc(CC(C)Br)nc1. The first-order valence-corrected chi connectivity index (χ1v) is 4.77. The number of aromatic nitrogens is 1. The van der Waals surface area contributed by atoms with E-state index in [-0.39, 0.29) is 0 Å². The molecule has 1 heterocycles. The van der Waals surface area contributed by atoms with Crippen molar-refractivity contribution in [1.82, 2.24) is 4.98 Å². The molecule has 0 fully saturated rings. The minimum absolute atomic E-state index is 0.471. The summed E-state index contributed by atoms with van der Waals surface area (Å²) >= 11 is 3.48. The molecule has 66 valence electrons. The summed E-state index contributed by atoms with van der Waals surface area (Å²) < 4.78 is 5.00. The third kappa shape index (κ3) is 2.81. The first kappa shape index (κ1) is 9.52. The molecule has 2 nitrogen and oxygen atoms in total. The highest BCUT2D eigenvalue weighted by Gasteiger charge is 1.99. The fourth-order valence-corrected chi connectivity index (χ4v) is 1.27. The monoisotopic (exact) mass is 229 g/mol. The largest absolute Gasteiger partial charge is 0.495 e. The van der Waals surface area contributed by atoms with Gasteiger partial charge in [0.2, 0.25) is 0 Å². The van der Waals surface area contributed by atoms with Gasteiger partial charge in [0.1, 0.15) is 5.75 Å². The second-order valence-electron chi connectivity index (χ2n) is 2.67. The highest BCUT2D eigenvalue weighted by atomic mass is 79.9. The predicted molar refractivity (Wildman–Crippen MR) is 52.9 cm³/mol. The number of ether oxygens (including phenoxy) is 1. The van der Waals surface area contributed by atoms with Crippen LogP contribution in [0.15, 0.2) is 18.3 Å². The molecule has 0 saturated carbocycles. The normalized spacial score (nSPS) is 12.6. The molecule has 0 bridgehead atoms. The van der Waals surface area contributed by atoms with Gasteiger partial charge in [-0.3, -0.25) is 4.98 Å². The average molecular weight is 230 g/mol. The molecule has 0 aliphatic carbocycles. The topological polar surface area (TPSA) is 22.1 Å². The zero-order valence-electron chi connectivity index (χ0n) is 7.25. The summed E-state index contributed by atoms with van der Waals surface area (Å²) in [6, 6.07) is 3.91. The standard InChI is InChI=1S/C9H12BrNO/c1-7(10)5-8-3-4-9(12-2)6-11-8/h3-4,6-7H,5H2,1-2H3. The van der Waals surface area contributed by atoms with E-state index in [1.54, 1.807) is 13.3 Å². The van der Waals surface area contributed by atoms with Crippen LogP contribution in [0.3, 0.4) is 0 Å². The van der Waals surface area contributed by atoms with Crippen molar-refractivity contribution >= 4 is 15.9 Å². The van der Waals surface area contributed by atoms with Gasteiger partial charge in [-0.05, 0) is 12.1 Å². The molecule has 3 heteroatoms. The Balaban J connectivity index is 2.65.